The number of ether oxygens (including phenoxy) is 1. The quantitative estimate of drug-likeness (QED) is 0.659. The highest BCUT2D eigenvalue weighted by Gasteiger charge is 2.71. The minimum absolute atomic E-state index is 0.156. The molecule has 0 spiro atoms. The van der Waals surface area contributed by atoms with Crippen molar-refractivity contribution in [2.45, 2.75) is 49.0 Å². The van der Waals surface area contributed by atoms with Gasteiger partial charge in [0.2, 0.25) is 0 Å². The van der Waals surface area contributed by atoms with Gasteiger partial charge in [-0.25, -0.2) is 13.2 Å². The molecule has 1 aliphatic rings. The first kappa shape index (κ1) is 20.5. The van der Waals surface area contributed by atoms with Crippen LogP contribution < -0.4 is 4.72 Å². The molecule has 0 bridgehead atoms. The highest BCUT2D eigenvalue weighted by atomic mass is 79.9. The van der Waals surface area contributed by atoms with Crippen molar-refractivity contribution in [1.29, 1.82) is 0 Å². The third kappa shape index (κ3) is 3.99. The number of benzene rings is 1. The SMILES string of the molecule is CC1[C@H](c2ccccc2)[C@]1(NS(=O)(=O)c1ccc(Br)s1)C(=O)OC(C)(C)C. The van der Waals surface area contributed by atoms with Crippen LogP contribution in [0.1, 0.15) is 39.2 Å². The van der Waals surface area contributed by atoms with E-state index in [-0.39, 0.29) is 16.0 Å². The van der Waals surface area contributed by atoms with Crippen LogP contribution in [0.4, 0.5) is 0 Å². The van der Waals surface area contributed by atoms with Gasteiger partial charge in [-0.3, -0.25) is 0 Å². The first-order valence-electron chi connectivity index (χ1n) is 8.55. The molecule has 1 N–H and O–H groups in total. The summed E-state index contributed by atoms with van der Waals surface area (Å²) in [5, 5.41) is 0. The molecule has 0 aliphatic heterocycles. The Morgan fingerprint density at radius 1 is 1.19 bits per heavy atom. The average Bonchev–Trinajstić information content (AvgIpc) is 2.89. The van der Waals surface area contributed by atoms with Crippen LogP contribution in [0, 0.1) is 5.92 Å². The lowest BCUT2D eigenvalue weighted by molar-refractivity contribution is -0.158. The van der Waals surface area contributed by atoms with Crippen molar-refractivity contribution in [2.75, 3.05) is 0 Å². The molecule has 3 rings (SSSR count). The van der Waals surface area contributed by atoms with E-state index in [1.807, 2.05) is 37.3 Å². The zero-order chi connectivity index (χ0) is 20.0. The van der Waals surface area contributed by atoms with Crippen LogP contribution in [-0.4, -0.2) is 25.5 Å². The molecule has 1 aromatic carbocycles. The summed E-state index contributed by atoms with van der Waals surface area (Å²) in [5.41, 5.74) is -1.12. The van der Waals surface area contributed by atoms with Crippen LogP contribution >= 0.6 is 27.3 Å². The number of carbonyl (C=O) groups excluding carboxylic acids is 1. The lowest BCUT2D eigenvalue weighted by atomic mass is 10.1. The van der Waals surface area contributed by atoms with Crippen LogP contribution in [-0.2, 0) is 19.6 Å². The number of thiophene rings is 1. The third-order valence-electron chi connectivity index (χ3n) is 4.61. The fourth-order valence-corrected chi connectivity index (χ4v) is 6.82. The number of halogens is 1. The summed E-state index contributed by atoms with van der Waals surface area (Å²) < 4.78 is 35.1. The Morgan fingerprint density at radius 2 is 1.81 bits per heavy atom. The molecule has 27 heavy (non-hydrogen) atoms. The Kier molecular flexibility index (Phi) is 5.31. The third-order valence-corrected chi connectivity index (χ3v) is 8.21. The Morgan fingerprint density at radius 3 is 2.33 bits per heavy atom. The second-order valence-electron chi connectivity index (χ2n) is 7.71. The van der Waals surface area contributed by atoms with Crippen molar-refractivity contribution in [1.82, 2.24) is 4.72 Å². The van der Waals surface area contributed by atoms with Gasteiger partial charge in [-0.05, 0) is 60.3 Å². The number of hydrogen-bond acceptors (Lipinski definition) is 5. The highest BCUT2D eigenvalue weighted by molar-refractivity contribution is 9.11. The normalized spacial score (nSPS) is 25.2. The van der Waals surface area contributed by atoms with E-state index < -0.39 is 27.1 Å². The van der Waals surface area contributed by atoms with Crippen LogP contribution in [0.15, 0.2) is 50.5 Å². The molecule has 0 saturated heterocycles. The predicted octanol–water partition coefficient (Wildman–Crippen LogP) is 4.30. The number of rotatable bonds is 5. The number of sulfonamides is 1. The van der Waals surface area contributed by atoms with Gasteiger partial charge < -0.3 is 4.74 Å². The van der Waals surface area contributed by atoms with Crippen molar-refractivity contribution in [3.8, 4) is 0 Å². The van der Waals surface area contributed by atoms with Crippen LogP contribution in [0.5, 0.6) is 0 Å². The second-order valence-corrected chi connectivity index (χ2v) is 12.1. The van der Waals surface area contributed by atoms with Crippen molar-refractivity contribution in [3.05, 3.63) is 51.8 Å². The summed E-state index contributed by atoms with van der Waals surface area (Å²) in [5.74, 6) is -1.06. The molecule has 1 fully saturated rings. The maximum Gasteiger partial charge on any atom is 0.328 e. The second kappa shape index (κ2) is 6.99. The molecule has 1 aliphatic carbocycles. The lowest BCUT2D eigenvalue weighted by Crippen LogP contribution is -2.48. The summed E-state index contributed by atoms with van der Waals surface area (Å²) in [6, 6.07) is 12.6. The Balaban J connectivity index is 2.00. The predicted molar refractivity (Wildman–Crippen MR) is 109 cm³/mol. The number of carbonyl (C=O) groups is 1. The lowest BCUT2D eigenvalue weighted by Gasteiger charge is -2.25. The molecule has 0 radical (unpaired) electrons. The molecule has 1 aromatic heterocycles. The summed E-state index contributed by atoms with van der Waals surface area (Å²) in [7, 11) is -3.87. The van der Waals surface area contributed by atoms with Crippen molar-refractivity contribution < 1.29 is 17.9 Å². The molecule has 2 aromatic rings. The molecular formula is C19H22BrNO4S2. The van der Waals surface area contributed by atoms with E-state index in [2.05, 4.69) is 20.7 Å². The van der Waals surface area contributed by atoms with Gasteiger partial charge in [0.1, 0.15) is 15.3 Å². The van der Waals surface area contributed by atoms with E-state index in [4.69, 9.17) is 4.74 Å². The van der Waals surface area contributed by atoms with Crippen molar-refractivity contribution >= 4 is 43.3 Å². The molecule has 5 nitrogen and oxygen atoms in total. The van der Waals surface area contributed by atoms with E-state index in [0.29, 0.717) is 3.79 Å². The molecular weight excluding hydrogens is 450 g/mol. The van der Waals surface area contributed by atoms with Gasteiger partial charge in [0.25, 0.3) is 10.0 Å². The summed E-state index contributed by atoms with van der Waals surface area (Å²) in [6.45, 7) is 7.19. The fraction of sp³-hybridized carbons (Fsp3) is 0.421. The largest absolute Gasteiger partial charge is 0.459 e. The maximum atomic E-state index is 13.1. The van der Waals surface area contributed by atoms with E-state index >= 15 is 0 Å². The molecule has 3 atom stereocenters. The topological polar surface area (TPSA) is 72.5 Å². The van der Waals surface area contributed by atoms with Crippen LogP contribution in [0.2, 0.25) is 0 Å². The monoisotopic (exact) mass is 471 g/mol. The molecule has 8 heteroatoms. The van der Waals surface area contributed by atoms with E-state index in [1.54, 1.807) is 26.8 Å². The Bertz CT molecular complexity index is 950. The fourth-order valence-electron chi connectivity index (χ4n) is 3.36. The molecule has 146 valence electrons. The number of nitrogens with one attached hydrogen (secondary N) is 1. The van der Waals surface area contributed by atoms with Gasteiger partial charge in [0.05, 0.1) is 3.79 Å². The number of esters is 1. The van der Waals surface area contributed by atoms with Gasteiger partial charge in [-0.1, -0.05) is 37.3 Å². The summed E-state index contributed by atoms with van der Waals surface area (Å²) >= 11 is 4.38. The minimum Gasteiger partial charge on any atom is -0.459 e. The molecule has 1 unspecified atom stereocenters. The van der Waals surface area contributed by atoms with Crippen LogP contribution in [0.25, 0.3) is 0 Å². The van der Waals surface area contributed by atoms with Gasteiger partial charge in [-0.2, -0.15) is 4.72 Å². The summed E-state index contributed by atoms with van der Waals surface area (Å²) in [4.78, 5) is 13.1. The van der Waals surface area contributed by atoms with Gasteiger partial charge in [0, 0.05) is 5.92 Å². The van der Waals surface area contributed by atoms with Gasteiger partial charge in [0.15, 0.2) is 0 Å². The molecule has 0 amide bonds. The van der Waals surface area contributed by atoms with Crippen molar-refractivity contribution in [2.24, 2.45) is 5.92 Å². The zero-order valence-electron chi connectivity index (χ0n) is 15.5. The smallest absolute Gasteiger partial charge is 0.328 e. The summed E-state index contributed by atoms with van der Waals surface area (Å²) in [6.07, 6.45) is 0. The Labute approximate surface area is 172 Å². The molecule has 1 saturated carbocycles. The van der Waals surface area contributed by atoms with Gasteiger partial charge >= 0.3 is 5.97 Å². The maximum absolute atomic E-state index is 13.1. The zero-order valence-corrected chi connectivity index (χ0v) is 18.7. The van der Waals surface area contributed by atoms with Gasteiger partial charge in [-0.15, -0.1) is 11.3 Å². The van der Waals surface area contributed by atoms with E-state index in [0.717, 1.165) is 16.9 Å². The Hall–Kier alpha value is -1.22. The first-order chi connectivity index (χ1) is 12.5. The standard InChI is InChI=1S/C19H22BrNO4S2/c1-12-16(13-8-6-5-7-9-13)19(12,17(22)25-18(2,3)4)21-27(23,24)15-11-10-14(20)26-15/h5-12,16,21H,1-4H3/t12?,16-,19+/m1/s1. The minimum atomic E-state index is -3.87. The van der Waals surface area contributed by atoms with Crippen molar-refractivity contribution in [3.63, 3.8) is 0 Å². The average molecular weight is 472 g/mol. The van der Waals surface area contributed by atoms with E-state index in [9.17, 15) is 13.2 Å². The first-order valence-corrected chi connectivity index (χ1v) is 11.6. The number of hydrogen-bond donors (Lipinski definition) is 1. The van der Waals surface area contributed by atoms with Crippen LogP contribution in [0.3, 0.4) is 0 Å². The molecule has 1 heterocycles. The highest BCUT2D eigenvalue weighted by Crippen LogP contribution is 2.59. The van der Waals surface area contributed by atoms with E-state index in [1.165, 1.54) is 6.07 Å².